The van der Waals surface area contributed by atoms with Crippen molar-refractivity contribution in [1.82, 2.24) is 0 Å². The van der Waals surface area contributed by atoms with Crippen molar-refractivity contribution >= 4 is 5.97 Å². The third kappa shape index (κ3) is 1.40. The molecule has 0 spiro atoms. The number of alkyl halides is 1. The van der Waals surface area contributed by atoms with Gasteiger partial charge >= 0.3 is 5.97 Å². The van der Waals surface area contributed by atoms with E-state index in [0.29, 0.717) is 0 Å². The molecule has 1 aliphatic rings. The molecule has 0 amide bonds. The second kappa shape index (κ2) is 1.97. The molecule has 9 heavy (non-hydrogen) atoms. The van der Waals surface area contributed by atoms with Crippen LogP contribution in [-0.4, -0.2) is 17.8 Å². The van der Waals surface area contributed by atoms with E-state index in [0.717, 1.165) is 12.8 Å². The first-order valence-corrected chi connectivity index (χ1v) is 2.96. The van der Waals surface area contributed by atoms with Crippen molar-refractivity contribution in [1.29, 1.82) is 0 Å². The minimum Gasteiger partial charge on any atom is -0.481 e. The Kier molecular flexibility index (Phi) is 1.43. The van der Waals surface area contributed by atoms with Gasteiger partial charge in [-0.15, -0.1) is 0 Å². The molecule has 0 aliphatic heterocycles. The fourth-order valence-corrected chi connectivity index (χ4v) is 0.855. The van der Waals surface area contributed by atoms with Crippen molar-refractivity contribution in [2.45, 2.75) is 19.3 Å². The number of hydrogen-bond donors (Lipinski definition) is 1. The number of rotatable bonds is 3. The Bertz CT molecular complexity index is 129. The molecule has 0 aromatic rings. The molecule has 0 heterocycles. The van der Waals surface area contributed by atoms with Crippen LogP contribution in [0.25, 0.3) is 0 Å². The van der Waals surface area contributed by atoms with Crippen LogP contribution in [0.2, 0.25) is 0 Å². The van der Waals surface area contributed by atoms with Gasteiger partial charge in [0.15, 0.2) is 0 Å². The standard InChI is InChI=1S/C6H9FO2/c7-4-6(1-2-6)3-5(8)9/h1-4H2,(H,8,9). The highest BCUT2D eigenvalue weighted by Crippen LogP contribution is 2.48. The minimum absolute atomic E-state index is 0.00347. The Hall–Kier alpha value is -0.600. The van der Waals surface area contributed by atoms with Crippen LogP contribution in [-0.2, 0) is 4.79 Å². The lowest BCUT2D eigenvalue weighted by Crippen LogP contribution is -2.09. The topological polar surface area (TPSA) is 37.3 Å². The summed E-state index contributed by atoms with van der Waals surface area (Å²) in [5.41, 5.74) is -0.453. The molecule has 2 nitrogen and oxygen atoms in total. The number of carboxylic acid groups (broad SMARTS) is 1. The second-order valence-electron chi connectivity index (χ2n) is 2.70. The first-order valence-electron chi connectivity index (χ1n) is 2.96. The summed E-state index contributed by atoms with van der Waals surface area (Å²) in [7, 11) is 0. The van der Waals surface area contributed by atoms with Crippen molar-refractivity contribution in [2.24, 2.45) is 5.41 Å². The third-order valence-corrected chi connectivity index (χ3v) is 1.77. The van der Waals surface area contributed by atoms with E-state index in [2.05, 4.69) is 0 Å². The van der Waals surface area contributed by atoms with Gasteiger partial charge in [0.2, 0.25) is 0 Å². The predicted molar refractivity (Wildman–Crippen MR) is 29.9 cm³/mol. The van der Waals surface area contributed by atoms with Crippen LogP contribution in [0.1, 0.15) is 19.3 Å². The first-order chi connectivity index (χ1) is 4.18. The normalized spacial score (nSPS) is 21.4. The average Bonchev–Trinajstić information content (AvgIpc) is 2.48. The summed E-state index contributed by atoms with van der Waals surface area (Å²) in [4.78, 5) is 10.0. The van der Waals surface area contributed by atoms with Gasteiger partial charge in [-0.1, -0.05) is 0 Å². The van der Waals surface area contributed by atoms with Crippen LogP contribution >= 0.6 is 0 Å². The van der Waals surface area contributed by atoms with Gasteiger partial charge in [0.25, 0.3) is 0 Å². The van der Waals surface area contributed by atoms with Gasteiger partial charge in [-0.05, 0) is 12.8 Å². The van der Waals surface area contributed by atoms with E-state index in [1.165, 1.54) is 0 Å². The minimum atomic E-state index is -0.884. The van der Waals surface area contributed by atoms with Crippen LogP contribution in [0.5, 0.6) is 0 Å². The molecule has 1 saturated carbocycles. The van der Waals surface area contributed by atoms with Gasteiger partial charge in [-0.2, -0.15) is 0 Å². The fourth-order valence-electron chi connectivity index (χ4n) is 0.855. The number of carbonyl (C=O) groups is 1. The predicted octanol–water partition coefficient (Wildman–Crippen LogP) is 1.21. The third-order valence-electron chi connectivity index (χ3n) is 1.77. The number of halogens is 1. The molecule has 0 saturated heterocycles. The smallest absolute Gasteiger partial charge is 0.304 e. The number of hydrogen-bond acceptors (Lipinski definition) is 1. The molecule has 0 aromatic carbocycles. The monoisotopic (exact) mass is 132 g/mol. The molecule has 0 atom stereocenters. The summed E-state index contributed by atoms with van der Waals surface area (Å²) in [6.07, 6.45) is 1.50. The van der Waals surface area contributed by atoms with Gasteiger partial charge < -0.3 is 5.11 Å². The van der Waals surface area contributed by atoms with Crippen LogP contribution in [0, 0.1) is 5.41 Å². The van der Waals surface area contributed by atoms with Gasteiger partial charge in [0.05, 0.1) is 13.1 Å². The highest BCUT2D eigenvalue weighted by atomic mass is 19.1. The molecule has 1 rings (SSSR count). The van der Waals surface area contributed by atoms with Crippen molar-refractivity contribution in [2.75, 3.05) is 6.67 Å². The lowest BCUT2D eigenvalue weighted by molar-refractivity contribution is -0.138. The van der Waals surface area contributed by atoms with E-state index in [-0.39, 0.29) is 6.42 Å². The Morgan fingerprint density at radius 2 is 2.22 bits per heavy atom. The number of aliphatic carboxylic acids is 1. The summed E-state index contributed by atoms with van der Waals surface area (Å²) >= 11 is 0. The molecule has 3 heteroatoms. The lowest BCUT2D eigenvalue weighted by Gasteiger charge is -2.03. The van der Waals surface area contributed by atoms with Crippen molar-refractivity contribution in [3.05, 3.63) is 0 Å². The van der Waals surface area contributed by atoms with E-state index in [4.69, 9.17) is 5.11 Å². The van der Waals surface area contributed by atoms with Crippen molar-refractivity contribution < 1.29 is 14.3 Å². The van der Waals surface area contributed by atoms with Gasteiger partial charge in [-0.3, -0.25) is 9.18 Å². The quantitative estimate of drug-likeness (QED) is 0.626. The van der Waals surface area contributed by atoms with E-state index < -0.39 is 18.1 Å². The van der Waals surface area contributed by atoms with Gasteiger partial charge in [0.1, 0.15) is 0 Å². The molecule has 0 aromatic heterocycles. The molecule has 1 fully saturated rings. The van der Waals surface area contributed by atoms with E-state index in [9.17, 15) is 9.18 Å². The summed E-state index contributed by atoms with van der Waals surface area (Å²) in [5, 5.41) is 8.25. The molecule has 1 aliphatic carbocycles. The zero-order valence-electron chi connectivity index (χ0n) is 5.06. The highest BCUT2D eigenvalue weighted by Gasteiger charge is 2.44. The zero-order valence-corrected chi connectivity index (χ0v) is 5.06. The average molecular weight is 132 g/mol. The molecule has 0 radical (unpaired) electrons. The first kappa shape index (κ1) is 6.52. The van der Waals surface area contributed by atoms with Gasteiger partial charge in [0, 0.05) is 5.41 Å². The zero-order chi connectivity index (χ0) is 6.91. The lowest BCUT2D eigenvalue weighted by atomic mass is 10.1. The molecule has 0 unspecified atom stereocenters. The van der Waals surface area contributed by atoms with Crippen LogP contribution < -0.4 is 0 Å². The summed E-state index contributed by atoms with van der Waals surface area (Å²) in [6, 6.07) is 0. The number of carboxylic acids is 1. The molecular formula is C6H9FO2. The highest BCUT2D eigenvalue weighted by molar-refractivity contribution is 5.68. The molecule has 52 valence electrons. The molecule has 1 N–H and O–H groups in total. The summed E-state index contributed by atoms with van der Waals surface area (Å²) < 4.78 is 11.9. The van der Waals surface area contributed by atoms with E-state index in [1.54, 1.807) is 0 Å². The SMILES string of the molecule is O=C(O)CC1(CF)CC1. The van der Waals surface area contributed by atoms with Crippen molar-refractivity contribution in [3.63, 3.8) is 0 Å². The van der Waals surface area contributed by atoms with Crippen LogP contribution in [0.15, 0.2) is 0 Å². The van der Waals surface area contributed by atoms with E-state index in [1.807, 2.05) is 0 Å². The second-order valence-corrected chi connectivity index (χ2v) is 2.70. The maximum atomic E-state index is 11.9. The van der Waals surface area contributed by atoms with Crippen LogP contribution in [0.4, 0.5) is 4.39 Å². The van der Waals surface area contributed by atoms with Gasteiger partial charge in [-0.25, -0.2) is 0 Å². The Morgan fingerprint density at radius 3 is 2.33 bits per heavy atom. The maximum Gasteiger partial charge on any atom is 0.304 e. The van der Waals surface area contributed by atoms with Crippen LogP contribution in [0.3, 0.4) is 0 Å². The largest absolute Gasteiger partial charge is 0.481 e. The van der Waals surface area contributed by atoms with Crippen molar-refractivity contribution in [3.8, 4) is 0 Å². The Balaban J connectivity index is 2.33. The Labute approximate surface area is 52.7 Å². The maximum absolute atomic E-state index is 11.9. The fraction of sp³-hybridized carbons (Fsp3) is 0.833. The Morgan fingerprint density at radius 1 is 1.67 bits per heavy atom. The van der Waals surface area contributed by atoms with E-state index >= 15 is 0 Å². The summed E-state index contributed by atoms with van der Waals surface area (Å²) in [5.74, 6) is -0.884. The molecule has 0 bridgehead atoms. The molecular weight excluding hydrogens is 123 g/mol. The summed E-state index contributed by atoms with van der Waals surface area (Å²) in [6.45, 7) is -0.473.